The number of fused-ring (bicyclic) bond motifs is 2. The van der Waals surface area contributed by atoms with Crippen LogP contribution in [0, 0.1) is 13.8 Å². The molecule has 2 aliphatic heterocycles. The predicted octanol–water partition coefficient (Wildman–Crippen LogP) is 5.36. The summed E-state index contributed by atoms with van der Waals surface area (Å²) in [5.41, 5.74) is 6.09. The van der Waals surface area contributed by atoms with Crippen molar-refractivity contribution in [2.75, 3.05) is 11.7 Å². The maximum Gasteiger partial charge on any atom is 0.283 e. The van der Waals surface area contributed by atoms with E-state index in [-0.39, 0.29) is 12.7 Å². The van der Waals surface area contributed by atoms with Crippen LogP contribution >= 0.6 is 11.8 Å². The molecule has 2 aliphatic rings. The molecule has 4 aromatic rings. The number of carbonyl (C=O) groups excluding carboxylic acids is 1. The van der Waals surface area contributed by atoms with E-state index < -0.39 is 0 Å². The summed E-state index contributed by atoms with van der Waals surface area (Å²) < 4.78 is 12.9. The summed E-state index contributed by atoms with van der Waals surface area (Å²) in [5, 5.41) is 0.625. The number of hydrogen-bond donors (Lipinski definition) is 0. The number of thioether (sulfide) groups is 1. The van der Waals surface area contributed by atoms with Crippen LogP contribution in [0.3, 0.4) is 0 Å². The van der Waals surface area contributed by atoms with Crippen molar-refractivity contribution >= 4 is 40.2 Å². The number of nitrogens with zero attached hydrogens (tertiary/aromatic N) is 4. The molecule has 6 rings (SSSR count). The van der Waals surface area contributed by atoms with Crippen molar-refractivity contribution in [3.05, 3.63) is 95.1 Å². The molecule has 0 saturated heterocycles. The van der Waals surface area contributed by atoms with E-state index in [2.05, 4.69) is 0 Å². The fraction of sp³-hybridized carbons (Fsp3) is 0.148. The average molecular weight is 483 g/mol. The van der Waals surface area contributed by atoms with E-state index in [1.54, 1.807) is 11.0 Å². The summed E-state index contributed by atoms with van der Waals surface area (Å²) >= 11 is 1.50. The lowest BCUT2D eigenvalue weighted by Gasteiger charge is -2.17. The van der Waals surface area contributed by atoms with Gasteiger partial charge in [0.1, 0.15) is 11.3 Å². The average Bonchev–Trinajstić information content (AvgIpc) is 3.56. The van der Waals surface area contributed by atoms with Crippen molar-refractivity contribution in [1.82, 2.24) is 9.38 Å². The van der Waals surface area contributed by atoms with Gasteiger partial charge in [0, 0.05) is 18.1 Å². The van der Waals surface area contributed by atoms with Crippen LogP contribution in [0.25, 0.3) is 11.7 Å². The number of hydrogen-bond acceptors (Lipinski definition) is 6. The minimum atomic E-state index is -0.167. The number of rotatable bonds is 4. The lowest BCUT2D eigenvalue weighted by Crippen LogP contribution is -2.30. The number of aromatic nitrogens is 2. The van der Waals surface area contributed by atoms with Gasteiger partial charge in [0.25, 0.3) is 5.91 Å². The highest BCUT2D eigenvalue weighted by atomic mass is 32.2. The zero-order valence-corrected chi connectivity index (χ0v) is 20.1. The second kappa shape index (κ2) is 8.63. The standard InChI is InChI=1S/C27H22N4O3S/c1-17-5-8-21(9-6-17)31-26(32)22(12-19-7-10-23-24(13-19)34-16-33-23)29-27(31)35-15-20-14-30-11-3-4-18(2)25(30)28-20/h3-14H,15-16H2,1-2H3/b22-12+. The molecule has 0 spiro atoms. The number of imidazole rings is 1. The van der Waals surface area contributed by atoms with Crippen LogP contribution in [-0.2, 0) is 10.5 Å². The van der Waals surface area contributed by atoms with Gasteiger partial charge in [-0.1, -0.05) is 41.6 Å². The molecule has 0 aliphatic carbocycles. The van der Waals surface area contributed by atoms with E-state index in [9.17, 15) is 4.79 Å². The van der Waals surface area contributed by atoms with Crippen LogP contribution < -0.4 is 14.4 Å². The first-order valence-corrected chi connectivity index (χ1v) is 12.2. The number of anilines is 1. The highest BCUT2D eigenvalue weighted by Crippen LogP contribution is 2.35. The molecular formula is C27H22N4O3S. The maximum absolute atomic E-state index is 13.5. The molecule has 7 nitrogen and oxygen atoms in total. The molecule has 1 amide bonds. The molecule has 0 atom stereocenters. The zero-order chi connectivity index (χ0) is 23.9. The summed E-state index contributed by atoms with van der Waals surface area (Å²) in [6.45, 7) is 4.28. The van der Waals surface area contributed by atoms with Crippen molar-refractivity contribution in [3.8, 4) is 11.5 Å². The van der Waals surface area contributed by atoms with Crippen LogP contribution in [0.5, 0.6) is 11.5 Å². The SMILES string of the molecule is Cc1ccc(N2C(=O)/C(=C\c3ccc4c(c3)OCO4)N=C2SCc2cn3cccc(C)c3n2)cc1. The zero-order valence-electron chi connectivity index (χ0n) is 19.3. The number of amides is 1. The lowest BCUT2D eigenvalue weighted by molar-refractivity contribution is -0.113. The molecule has 4 heterocycles. The molecule has 0 bridgehead atoms. The Morgan fingerprint density at radius 3 is 2.71 bits per heavy atom. The lowest BCUT2D eigenvalue weighted by atomic mass is 10.1. The number of aliphatic imine (C=N–C) groups is 1. The highest BCUT2D eigenvalue weighted by Gasteiger charge is 2.32. The first-order valence-electron chi connectivity index (χ1n) is 11.2. The van der Waals surface area contributed by atoms with E-state index in [4.69, 9.17) is 19.5 Å². The number of carbonyl (C=O) groups is 1. The van der Waals surface area contributed by atoms with Crippen molar-refractivity contribution in [3.63, 3.8) is 0 Å². The Balaban J connectivity index is 1.33. The summed E-state index contributed by atoms with van der Waals surface area (Å²) in [7, 11) is 0. The smallest absolute Gasteiger partial charge is 0.283 e. The summed E-state index contributed by atoms with van der Waals surface area (Å²) in [5.74, 6) is 1.79. The summed E-state index contributed by atoms with van der Waals surface area (Å²) in [4.78, 5) is 24.7. The first kappa shape index (κ1) is 21.5. The van der Waals surface area contributed by atoms with Gasteiger partial charge in [-0.3, -0.25) is 9.69 Å². The van der Waals surface area contributed by atoms with Gasteiger partial charge in [-0.05, 0) is 61.4 Å². The Morgan fingerprint density at radius 1 is 1.06 bits per heavy atom. The minimum absolute atomic E-state index is 0.167. The van der Waals surface area contributed by atoms with Crippen molar-refractivity contribution in [1.29, 1.82) is 0 Å². The van der Waals surface area contributed by atoms with Crippen LogP contribution in [0.1, 0.15) is 22.4 Å². The van der Waals surface area contributed by atoms with Gasteiger partial charge in [0.2, 0.25) is 6.79 Å². The second-order valence-electron chi connectivity index (χ2n) is 8.46. The predicted molar refractivity (Wildman–Crippen MR) is 138 cm³/mol. The number of pyridine rings is 1. The number of amidine groups is 1. The van der Waals surface area contributed by atoms with Gasteiger partial charge in [0.05, 0.1) is 11.4 Å². The van der Waals surface area contributed by atoms with Crippen LogP contribution in [0.4, 0.5) is 5.69 Å². The third-order valence-corrected chi connectivity index (χ3v) is 6.87. The molecule has 174 valence electrons. The van der Waals surface area contributed by atoms with Crippen molar-refractivity contribution in [2.45, 2.75) is 19.6 Å². The van der Waals surface area contributed by atoms with Gasteiger partial charge in [-0.25, -0.2) is 9.98 Å². The van der Waals surface area contributed by atoms with E-state index in [0.717, 1.165) is 33.7 Å². The highest BCUT2D eigenvalue weighted by molar-refractivity contribution is 8.13. The fourth-order valence-electron chi connectivity index (χ4n) is 4.09. The van der Waals surface area contributed by atoms with Crippen LogP contribution in [-0.4, -0.2) is 27.3 Å². The first-order chi connectivity index (χ1) is 17.0. The quantitative estimate of drug-likeness (QED) is 0.367. The molecule has 8 heteroatoms. The molecule has 2 aromatic carbocycles. The van der Waals surface area contributed by atoms with E-state index in [0.29, 0.717) is 28.1 Å². The van der Waals surface area contributed by atoms with E-state index in [1.165, 1.54) is 11.8 Å². The monoisotopic (exact) mass is 482 g/mol. The Bertz CT molecular complexity index is 1520. The molecule has 35 heavy (non-hydrogen) atoms. The largest absolute Gasteiger partial charge is 0.454 e. The van der Waals surface area contributed by atoms with Gasteiger partial charge < -0.3 is 13.9 Å². The summed E-state index contributed by atoms with van der Waals surface area (Å²) in [6, 6.07) is 17.5. The van der Waals surface area contributed by atoms with Gasteiger partial charge >= 0.3 is 0 Å². The Kier molecular flexibility index (Phi) is 5.30. The number of ether oxygens (including phenoxy) is 2. The third-order valence-electron chi connectivity index (χ3n) is 5.90. The third kappa shape index (κ3) is 4.06. The number of benzene rings is 2. The van der Waals surface area contributed by atoms with Crippen molar-refractivity contribution in [2.24, 2.45) is 4.99 Å². The van der Waals surface area contributed by atoms with Crippen LogP contribution in [0.15, 0.2) is 77.7 Å². The molecule has 0 unspecified atom stereocenters. The molecule has 0 fully saturated rings. The normalized spacial score (nSPS) is 15.9. The number of aryl methyl sites for hydroxylation is 2. The molecule has 0 N–H and O–H groups in total. The van der Waals surface area contributed by atoms with Crippen LogP contribution in [0.2, 0.25) is 0 Å². The molecule has 0 radical (unpaired) electrons. The molecule has 0 saturated carbocycles. The van der Waals surface area contributed by atoms with E-state index >= 15 is 0 Å². The van der Waals surface area contributed by atoms with Gasteiger partial charge in [-0.2, -0.15) is 0 Å². The van der Waals surface area contributed by atoms with Gasteiger partial charge in [0.15, 0.2) is 16.7 Å². The molecule has 2 aromatic heterocycles. The fourth-order valence-corrected chi connectivity index (χ4v) is 4.98. The Labute approximate surface area is 206 Å². The topological polar surface area (TPSA) is 68.4 Å². The Hall–Kier alpha value is -4.04. The van der Waals surface area contributed by atoms with E-state index in [1.807, 2.05) is 85.2 Å². The maximum atomic E-state index is 13.5. The Morgan fingerprint density at radius 2 is 1.89 bits per heavy atom. The minimum Gasteiger partial charge on any atom is -0.454 e. The second-order valence-corrected chi connectivity index (χ2v) is 9.40. The summed E-state index contributed by atoms with van der Waals surface area (Å²) in [6.07, 6.45) is 5.80. The molecular weight excluding hydrogens is 460 g/mol. The van der Waals surface area contributed by atoms with Gasteiger partial charge in [-0.15, -0.1) is 0 Å². The van der Waals surface area contributed by atoms with Crippen molar-refractivity contribution < 1.29 is 14.3 Å².